The van der Waals surface area contributed by atoms with Gasteiger partial charge in [-0.05, 0) is 61.0 Å². The number of aryl methyl sites for hydroxylation is 1. The van der Waals surface area contributed by atoms with E-state index in [-0.39, 0.29) is 11.3 Å². The van der Waals surface area contributed by atoms with E-state index >= 15 is 0 Å². The van der Waals surface area contributed by atoms with Crippen molar-refractivity contribution < 1.29 is 14.3 Å². The lowest BCUT2D eigenvalue weighted by Crippen LogP contribution is -2.67. The average Bonchev–Trinajstić information content (AvgIpc) is 3.35. The van der Waals surface area contributed by atoms with Gasteiger partial charge in [0.1, 0.15) is 11.4 Å². The third-order valence-electron chi connectivity index (χ3n) is 8.77. The number of methoxy groups -OCH3 is 1. The lowest BCUT2D eigenvalue weighted by atomic mass is 9.78. The zero-order valence-corrected chi connectivity index (χ0v) is 23.4. The van der Waals surface area contributed by atoms with Gasteiger partial charge < -0.3 is 29.2 Å². The second kappa shape index (κ2) is 9.64. The topological polar surface area (TPSA) is 73.9 Å². The van der Waals surface area contributed by atoms with Crippen LogP contribution >= 0.6 is 0 Å². The van der Waals surface area contributed by atoms with Crippen LogP contribution in [-0.2, 0) is 4.74 Å². The SMILES string of the molecule is COc1cc(-c2cnc3[nH]cc(-c4ccc(C(=O)N5CC6(COC6)C5)cc4)c3c2)cc(C)c1N1CCN(C)CC1. The molecule has 3 aliphatic heterocycles. The summed E-state index contributed by atoms with van der Waals surface area (Å²) in [7, 11) is 3.92. The number of pyridine rings is 1. The summed E-state index contributed by atoms with van der Waals surface area (Å²) in [4.78, 5) is 27.7. The van der Waals surface area contributed by atoms with Gasteiger partial charge in [0.2, 0.25) is 0 Å². The fourth-order valence-corrected chi connectivity index (χ4v) is 6.36. The average molecular weight is 538 g/mol. The summed E-state index contributed by atoms with van der Waals surface area (Å²) in [5.74, 6) is 0.989. The molecule has 2 aromatic carbocycles. The van der Waals surface area contributed by atoms with Gasteiger partial charge in [-0.2, -0.15) is 0 Å². The molecule has 5 heterocycles. The number of rotatable bonds is 5. The van der Waals surface area contributed by atoms with Crippen molar-refractivity contribution in [1.82, 2.24) is 19.8 Å². The fourth-order valence-electron chi connectivity index (χ4n) is 6.36. The number of carbonyl (C=O) groups is 1. The smallest absolute Gasteiger partial charge is 0.253 e. The molecule has 3 aliphatic rings. The van der Waals surface area contributed by atoms with E-state index in [1.807, 2.05) is 41.6 Å². The molecule has 0 aliphatic carbocycles. The summed E-state index contributed by atoms with van der Waals surface area (Å²) in [6.45, 7) is 9.39. The Morgan fingerprint density at radius 2 is 1.75 bits per heavy atom. The first-order valence-corrected chi connectivity index (χ1v) is 14.0. The lowest BCUT2D eigenvalue weighted by Gasteiger charge is -2.54. The van der Waals surface area contributed by atoms with Crippen molar-refractivity contribution in [2.75, 3.05) is 71.5 Å². The van der Waals surface area contributed by atoms with E-state index in [0.29, 0.717) is 0 Å². The van der Waals surface area contributed by atoms with E-state index in [9.17, 15) is 4.79 Å². The van der Waals surface area contributed by atoms with Crippen LogP contribution in [-0.4, -0.2) is 92.3 Å². The van der Waals surface area contributed by atoms with Crippen LogP contribution in [0.2, 0.25) is 0 Å². The Kier molecular flexibility index (Phi) is 6.05. The molecule has 7 rings (SSSR count). The minimum Gasteiger partial charge on any atom is -0.495 e. The van der Waals surface area contributed by atoms with Crippen LogP contribution in [0.3, 0.4) is 0 Å². The molecule has 0 bridgehead atoms. The number of aromatic amines is 1. The Morgan fingerprint density at radius 1 is 1.00 bits per heavy atom. The van der Waals surface area contributed by atoms with Crippen molar-refractivity contribution in [3.8, 4) is 28.0 Å². The highest BCUT2D eigenvalue weighted by Gasteiger charge is 2.50. The van der Waals surface area contributed by atoms with Crippen molar-refractivity contribution in [3.63, 3.8) is 0 Å². The van der Waals surface area contributed by atoms with Crippen LogP contribution in [0, 0.1) is 12.3 Å². The van der Waals surface area contributed by atoms with Crippen LogP contribution in [0.25, 0.3) is 33.3 Å². The van der Waals surface area contributed by atoms with E-state index in [0.717, 1.165) is 97.1 Å². The number of fused-ring (bicyclic) bond motifs is 1. The maximum atomic E-state index is 12.9. The van der Waals surface area contributed by atoms with Crippen molar-refractivity contribution in [3.05, 3.63) is 66.0 Å². The number of hydrogen-bond acceptors (Lipinski definition) is 6. The number of piperazine rings is 1. The minimum atomic E-state index is 0.0938. The molecule has 0 radical (unpaired) electrons. The van der Waals surface area contributed by atoms with Gasteiger partial charge in [-0.1, -0.05) is 12.1 Å². The van der Waals surface area contributed by atoms with E-state index in [1.54, 1.807) is 7.11 Å². The zero-order chi connectivity index (χ0) is 27.4. The molecular weight excluding hydrogens is 502 g/mol. The van der Waals surface area contributed by atoms with Crippen molar-refractivity contribution >= 4 is 22.6 Å². The molecule has 8 heteroatoms. The van der Waals surface area contributed by atoms with Gasteiger partial charge in [0.25, 0.3) is 5.91 Å². The van der Waals surface area contributed by atoms with Crippen LogP contribution in [0.1, 0.15) is 15.9 Å². The molecular formula is C32H35N5O3. The summed E-state index contributed by atoms with van der Waals surface area (Å²) in [5.41, 5.74) is 8.40. The highest BCUT2D eigenvalue weighted by Crippen LogP contribution is 2.40. The normalized spacial score (nSPS) is 18.6. The largest absolute Gasteiger partial charge is 0.495 e. The number of ether oxygens (including phenoxy) is 2. The molecule has 3 fully saturated rings. The molecule has 0 atom stereocenters. The fraction of sp³-hybridized carbons (Fsp3) is 0.375. The second-order valence-electron chi connectivity index (χ2n) is 11.7. The molecule has 1 amide bonds. The monoisotopic (exact) mass is 537 g/mol. The molecule has 8 nitrogen and oxygen atoms in total. The number of likely N-dealkylation sites (tertiary alicyclic amines) is 1. The first-order chi connectivity index (χ1) is 19.4. The van der Waals surface area contributed by atoms with Crippen molar-refractivity contribution in [2.45, 2.75) is 6.92 Å². The van der Waals surface area contributed by atoms with E-state index in [4.69, 9.17) is 14.5 Å². The van der Waals surface area contributed by atoms with Crippen LogP contribution < -0.4 is 9.64 Å². The molecule has 1 spiro atoms. The van der Waals surface area contributed by atoms with Crippen LogP contribution in [0.5, 0.6) is 5.75 Å². The first-order valence-electron chi connectivity index (χ1n) is 14.0. The van der Waals surface area contributed by atoms with Gasteiger partial charge in [0.05, 0.1) is 31.4 Å². The standard InChI is InChI=1S/C32H35N5O3/c1-21-12-24(14-28(39-3)29(21)36-10-8-35(2)9-11-36)25-13-26-27(16-34-30(26)33-15-25)22-4-6-23(7-5-22)31(38)37-17-32(18-37)19-40-20-32/h4-7,12-16H,8-11,17-20H2,1-3H3,(H,33,34). The maximum absolute atomic E-state index is 12.9. The number of likely N-dealkylation sites (N-methyl/N-ethyl adjacent to an activating group) is 1. The van der Waals surface area contributed by atoms with Crippen LogP contribution in [0.15, 0.2) is 54.9 Å². The Bertz CT molecular complexity index is 1570. The Balaban J connectivity index is 1.16. The molecule has 0 unspecified atom stereocenters. The molecule has 3 saturated heterocycles. The highest BCUT2D eigenvalue weighted by molar-refractivity contribution is 5.98. The number of benzene rings is 2. The lowest BCUT2D eigenvalue weighted by molar-refractivity contribution is -0.176. The van der Waals surface area contributed by atoms with E-state index in [2.05, 4.69) is 47.0 Å². The predicted octanol–water partition coefficient (Wildman–Crippen LogP) is 4.44. The van der Waals surface area contributed by atoms with E-state index < -0.39 is 0 Å². The molecule has 0 saturated carbocycles. The molecule has 40 heavy (non-hydrogen) atoms. The number of amides is 1. The summed E-state index contributed by atoms with van der Waals surface area (Å²) in [6, 6.07) is 14.5. The number of nitrogens with one attached hydrogen (secondary N) is 1. The third-order valence-corrected chi connectivity index (χ3v) is 8.77. The summed E-state index contributed by atoms with van der Waals surface area (Å²) >= 11 is 0. The Morgan fingerprint density at radius 3 is 2.42 bits per heavy atom. The molecule has 4 aromatic rings. The molecule has 1 N–H and O–H groups in total. The Labute approximate surface area is 234 Å². The second-order valence-corrected chi connectivity index (χ2v) is 11.7. The first kappa shape index (κ1) is 25.1. The van der Waals surface area contributed by atoms with Gasteiger partial charge >= 0.3 is 0 Å². The number of nitrogens with zero attached hydrogens (tertiary/aromatic N) is 4. The van der Waals surface area contributed by atoms with E-state index in [1.165, 1.54) is 11.3 Å². The molecule has 206 valence electrons. The zero-order valence-electron chi connectivity index (χ0n) is 23.4. The summed E-state index contributed by atoms with van der Waals surface area (Å²) < 4.78 is 11.2. The third kappa shape index (κ3) is 4.22. The number of hydrogen-bond donors (Lipinski definition) is 1. The van der Waals surface area contributed by atoms with Crippen LogP contribution in [0.4, 0.5) is 5.69 Å². The van der Waals surface area contributed by atoms with Gasteiger partial charge in [-0.15, -0.1) is 0 Å². The number of carbonyl (C=O) groups excluding carboxylic acids is 1. The quantitative estimate of drug-likeness (QED) is 0.406. The highest BCUT2D eigenvalue weighted by atomic mass is 16.5. The number of anilines is 1. The van der Waals surface area contributed by atoms with Gasteiger partial charge in [-0.3, -0.25) is 4.79 Å². The van der Waals surface area contributed by atoms with Crippen molar-refractivity contribution in [2.24, 2.45) is 5.41 Å². The summed E-state index contributed by atoms with van der Waals surface area (Å²) in [6.07, 6.45) is 3.91. The minimum absolute atomic E-state index is 0.0938. The molecule has 2 aromatic heterocycles. The van der Waals surface area contributed by atoms with Crippen molar-refractivity contribution in [1.29, 1.82) is 0 Å². The number of H-pyrrole nitrogens is 1. The predicted molar refractivity (Wildman–Crippen MR) is 157 cm³/mol. The number of aromatic nitrogens is 2. The maximum Gasteiger partial charge on any atom is 0.253 e. The Hall–Kier alpha value is -3.88. The van der Waals surface area contributed by atoms with Gasteiger partial charge in [0.15, 0.2) is 0 Å². The van der Waals surface area contributed by atoms with Gasteiger partial charge in [0, 0.05) is 73.7 Å². The van der Waals surface area contributed by atoms with Gasteiger partial charge in [-0.25, -0.2) is 4.98 Å². The summed E-state index contributed by atoms with van der Waals surface area (Å²) in [5, 5.41) is 1.05.